The summed E-state index contributed by atoms with van der Waals surface area (Å²) < 4.78 is 5.31. The Hall–Kier alpha value is -2.79. The average molecular weight is 396 g/mol. The summed E-state index contributed by atoms with van der Waals surface area (Å²) in [6.45, 7) is 3.32. The van der Waals surface area contributed by atoms with Crippen LogP contribution in [0.25, 0.3) is 11.3 Å². The second-order valence-corrected chi connectivity index (χ2v) is 7.38. The second kappa shape index (κ2) is 8.07. The molecule has 0 aliphatic carbocycles. The van der Waals surface area contributed by atoms with Gasteiger partial charge in [-0.15, -0.1) is 0 Å². The van der Waals surface area contributed by atoms with E-state index in [2.05, 4.69) is 27.5 Å². The van der Waals surface area contributed by atoms with E-state index in [9.17, 15) is 4.79 Å². The van der Waals surface area contributed by atoms with Gasteiger partial charge in [0.1, 0.15) is 17.0 Å². The number of hydrogen-bond acceptors (Lipinski definition) is 4. The zero-order chi connectivity index (χ0) is 19.5. The fraction of sp³-hybridized carbons (Fsp3) is 0.273. The Morgan fingerprint density at radius 3 is 2.75 bits per heavy atom. The number of aromatic nitrogens is 1. The Balaban J connectivity index is 1.51. The quantitative estimate of drug-likeness (QED) is 0.680. The molecule has 1 unspecified atom stereocenters. The third kappa shape index (κ3) is 3.62. The van der Waals surface area contributed by atoms with Crippen molar-refractivity contribution in [3.05, 3.63) is 70.9 Å². The molecule has 3 aromatic rings. The number of carbonyl (C=O) groups is 1. The number of para-hydroxylation sites is 1. The molecule has 1 aliphatic heterocycles. The summed E-state index contributed by atoms with van der Waals surface area (Å²) in [6, 6.07) is 17.9. The lowest BCUT2D eigenvalue weighted by Crippen LogP contribution is -2.40. The van der Waals surface area contributed by atoms with Crippen LogP contribution in [-0.2, 0) is 0 Å². The molecular weight excluding hydrogens is 374 g/mol. The maximum absolute atomic E-state index is 13.0. The first-order valence-corrected chi connectivity index (χ1v) is 9.84. The van der Waals surface area contributed by atoms with Crippen LogP contribution in [0.3, 0.4) is 0 Å². The fourth-order valence-corrected chi connectivity index (χ4v) is 4.01. The maximum atomic E-state index is 13.0. The highest BCUT2D eigenvalue weighted by atomic mass is 35.5. The van der Waals surface area contributed by atoms with Crippen LogP contribution in [0.2, 0.25) is 5.02 Å². The lowest BCUT2D eigenvalue weighted by Gasteiger charge is -2.27. The molecule has 0 radical (unpaired) electrons. The molecule has 1 atom stereocenters. The molecule has 144 valence electrons. The number of carbonyl (C=O) groups excluding carboxylic acids is 1. The molecule has 5 nitrogen and oxygen atoms in total. The van der Waals surface area contributed by atoms with Crippen molar-refractivity contribution in [2.75, 3.05) is 18.0 Å². The van der Waals surface area contributed by atoms with E-state index >= 15 is 0 Å². The van der Waals surface area contributed by atoms with Gasteiger partial charge in [0.25, 0.3) is 5.91 Å². The van der Waals surface area contributed by atoms with Crippen LogP contribution >= 0.6 is 11.6 Å². The number of benzene rings is 2. The van der Waals surface area contributed by atoms with E-state index in [4.69, 9.17) is 16.1 Å². The minimum Gasteiger partial charge on any atom is -0.367 e. The number of amides is 1. The van der Waals surface area contributed by atoms with E-state index in [1.54, 1.807) is 13.0 Å². The molecule has 1 N–H and O–H groups in total. The minimum atomic E-state index is -0.186. The van der Waals surface area contributed by atoms with Crippen molar-refractivity contribution >= 4 is 23.2 Å². The van der Waals surface area contributed by atoms with E-state index < -0.39 is 0 Å². The Morgan fingerprint density at radius 1 is 1.21 bits per heavy atom. The fourth-order valence-electron chi connectivity index (χ4n) is 3.78. The van der Waals surface area contributed by atoms with Gasteiger partial charge in [0.15, 0.2) is 0 Å². The van der Waals surface area contributed by atoms with Crippen molar-refractivity contribution in [3.63, 3.8) is 0 Å². The first-order chi connectivity index (χ1) is 13.6. The molecule has 1 aromatic heterocycles. The third-order valence-corrected chi connectivity index (χ3v) is 5.51. The predicted octanol–water partition coefficient (Wildman–Crippen LogP) is 4.70. The van der Waals surface area contributed by atoms with Crippen LogP contribution in [0.1, 0.15) is 29.0 Å². The number of aryl methyl sites for hydroxylation is 1. The Kier molecular flexibility index (Phi) is 5.35. The van der Waals surface area contributed by atoms with Crippen molar-refractivity contribution < 1.29 is 9.32 Å². The van der Waals surface area contributed by atoms with Crippen LogP contribution in [0.15, 0.2) is 59.1 Å². The largest absolute Gasteiger partial charge is 0.367 e. The van der Waals surface area contributed by atoms with Gasteiger partial charge >= 0.3 is 0 Å². The monoisotopic (exact) mass is 395 g/mol. The van der Waals surface area contributed by atoms with Gasteiger partial charge in [-0.1, -0.05) is 53.2 Å². The Labute approximate surface area is 169 Å². The smallest absolute Gasteiger partial charge is 0.257 e. The number of nitrogens with zero attached hydrogens (tertiary/aromatic N) is 2. The van der Waals surface area contributed by atoms with Gasteiger partial charge in [0.05, 0.1) is 5.02 Å². The maximum Gasteiger partial charge on any atom is 0.257 e. The van der Waals surface area contributed by atoms with Crippen molar-refractivity contribution in [1.29, 1.82) is 0 Å². The van der Waals surface area contributed by atoms with E-state index in [1.165, 1.54) is 5.69 Å². The number of nitrogens with one attached hydrogen (secondary N) is 1. The molecule has 6 heteroatoms. The lowest BCUT2D eigenvalue weighted by molar-refractivity contribution is 0.0950. The summed E-state index contributed by atoms with van der Waals surface area (Å²) in [5, 5.41) is 7.69. The van der Waals surface area contributed by atoms with Crippen LogP contribution in [0.4, 0.5) is 5.69 Å². The van der Waals surface area contributed by atoms with Gasteiger partial charge in [-0.3, -0.25) is 4.79 Å². The van der Waals surface area contributed by atoms with Crippen LogP contribution in [0.5, 0.6) is 0 Å². The van der Waals surface area contributed by atoms with Crippen molar-refractivity contribution in [2.24, 2.45) is 0 Å². The van der Waals surface area contributed by atoms with Crippen molar-refractivity contribution in [3.8, 4) is 11.3 Å². The molecule has 1 saturated heterocycles. The van der Waals surface area contributed by atoms with Crippen LogP contribution in [-0.4, -0.2) is 30.2 Å². The average Bonchev–Trinajstić information content (AvgIpc) is 3.34. The molecule has 2 aromatic carbocycles. The summed E-state index contributed by atoms with van der Waals surface area (Å²) in [7, 11) is 0. The molecule has 0 spiro atoms. The summed E-state index contributed by atoms with van der Waals surface area (Å²) >= 11 is 6.29. The van der Waals surface area contributed by atoms with E-state index in [0.717, 1.165) is 19.4 Å². The van der Waals surface area contributed by atoms with E-state index in [1.807, 2.05) is 36.4 Å². The highest BCUT2D eigenvalue weighted by molar-refractivity contribution is 6.33. The van der Waals surface area contributed by atoms with Gasteiger partial charge < -0.3 is 14.7 Å². The van der Waals surface area contributed by atoms with Gasteiger partial charge in [-0.2, -0.15) is 0 Å². The summed E-state index contributed by atoms with van der Waals surface area (Å²) in [4.78, 5) is 15.3. The molecule has 1 aliphatic rings. The van der Waals surface area contributed by atoms with Crippen LogP contribution in [0, 0.1) is 6.92 Å². The second-order valence-electron chi connectivity index (χ2n) is 6.98. The summed E-state index contributed by atoms with van der Waals surface area (Å²) in [6.07, 6.45) is 2.17. The zero-order valence-corrected chi connectivity index (χ0v) is 16.4. The molecule has 1 fully saturated rings. The topological polar surface area (TPSA) is 58.4 Å². The molecule has 28 heavy (non-hydrogen) atoms. The van der Waals surface area contributed by atoms with Crippen molar-refractivity contribution in [2.45, 2.75) is 25.8 Å². The molecular formula is C22H22ClN3O2. The first kappa shape index (κ1) is 18.6. The van der Waals surface area contributed by atoms with Gasteiger partial charge in [0.2, 0.25) is 0 Å². The summed E-state index contributed by atoms with van der Waals surface area (Å²) in [5.74, 6) is 0.298. The third-order valence-electron chi connectivity index (χ3n) is 5.18. The van der Waals surface area contributed by atoms with Gasteiger partial charge in [-0.05, 0) is 38.0 Å². The van der Waals surface area contributed by atoms with Crippen LogP contribution < -0.4 is 10.2 Å². The van der Waals surface area contributed by atoms with E-state index in [-0.39, 0.29) is 11.9 Å². The molecule has 0 bridgehead atoms. The standard InChI is InChI=1S/C22H22ClN3O2/c1-15-20(21(25-28-15)18-11-5-6-12-19(18)23)22(27)24-14-17-10-7-13-26(17)16-8-3-2-4-9-16/h2-6,8-9,11-12,17H,7,10,13-14H2,1H3,(H,24,27). The minimum absolute atomic E-state index is 0.186. The highest BCUT2D eigenvalue weighted by Gasteiger charge is 2.27. The number of rotatable bonds is 5. The highest BCUT2D eigenvalue weighted by Crippen LogP contribution is 2.31. The number of halogens is 1. The predicted molar refractivity (Wildman–Crippen MR) is 111 cm³/mol. The molecule has 2 heterocycles. The summed E-state index contributed by atoms with van der Waals surface area (Å²) in [5.41, 5.74) is 2.81. The van der Waals surface area contributed by atoms with Crippen molar-refractivity contribution in [1.82, 2.24) is 10.5 Å². The van der Waals surface area contributed by atoms with Gasteiger partial charge in [-0.25, -0.2) is 0 Å². The van der Waals surface area contributed by atoms with E-state index in [0.29, 0.717) is 34.1 Å². The molecule has 1 amide bonds. The number of anilines is 1. The Bertz CT molecular complexity index is 971. The molecule has 4 rings (SSSR count). The molecule has 0 saturated carbocycles. The Morgan fingerprint density at radius 2 is 1.96 bits per heavy atom. The number of hydrogen-bond donors (Lipinski definition) is 1. The SMILES string of the molecule is Cc1onc(-c2ccccc2Cl)c1C(=O)NCC1CCCN1c1ccccc1. The van der Waals surface area contributed by atoms with Gasteiger partial charge in [0, 0.05) is 30.4 Å². The normalized spacial score (nSPS) is 16.4. The lowest BCUT2D eigenvalue weighted by atomic mass is 10.1. The zero-order valence-electron chi connectivity index (χ0n) is 15.7. The first-order valence-electron chi connectivity index (χ1n) is 9.46.